The van der Waals surface area contributed by atoms with E-state index in [-0.39, 0.29) is 5.57 Å². The van der Waals surface area contributed by atoms with Gasteiger partial charge in [-0.05, 0) is 49.2 Å². The fraction of sp³-hybridized carbons (Fsp3) is 0.192. The zero-order valence-electron chi connectivity index (χ0n) is 19.0. The molecule has 0 saturated heterocycles. The Balaban J connectivity index is 1.78. The van der Waals surface area contributed by atoms with Crippen molar-refractivity contribution in [1.29, 1.82) is 5.26 Å². The van der Waals surface area contributed by atoms with Crippen LogP contribution in [0, 0.1) is 18.3 Å². The summed E-state index contributed by atoms with van der Waals surface area (Å²) in [5.74, 6) is 1.29. The SMILES string of the molecule is C=CCc1cc(C=C(C#N)C(=O)Nc2nc(C)cs2)cc(OC)c1OCCOc1ccccc1. The summed E-state index contributed by atoms with van der Waals surface area (Å²) >= 11 is 1.30. The number of nitrogens with zero attached hydrogens (tertiary/aromatic N) is 2. The Kier molecular flexibility index (Phi) is 8.83. The van der Waals surface area contributed by atoms with E-state index in [2.05, 4.69) is 16.9 Å². The quantitative estimate of drug-likeness (QED) is 0.177. The first kappa shape index (κ1) is 24.6. The van der Waals surface area contributed by atoms with E-state index >= 15 is 0 Å². The maximum Gasteiger partial charge on any atom is 0.268 e. The van der Waals surface area contributed by atoms with Gasteiger partial charge in [-0.15, -0.1) is 17.9 Å². The number of hydrogen-bond acceptors (Lipinski definition) is 7. The highest BCUT2D eigenvalue weighted by molar-refractivity contribution is 7.13. The van der Waals surface area contributed by atoms with E-state index in [1.807, 2.05) is 54.8 Å². The van der Waals surface area contributed by atoms with E-state index in [0.29, 0.717) is 41.8 Å². The second-order valence-corrected chi connectivity index (χ2v) is 7.99. The van der Waals surface area contributed by atoms with Crippen LogP contribution in [-0.4, -0.2) is 31.2 Å². The second kappa shape index (κ2) is 12.2. The lowest BCUT2D eigenvalue weighted by atomic mass is 10.0. The molecule has 0 saturated carbocycles. The fourth-order valence-corrected chi connectivity index (χ4v) is 3.78. The van der Waals surface area contributed by atoms with Crippen LogP contribution in [0.5, 0.6) is 17.2 Å². The first-order valence-electron chi connectivity index (χ1n) is 10.5. The number of thiazole rings is 1. The number of carbonyl (C=O) groups excluding carboxylic acids is 1. The summed E-state index contributed by atoms with van der Waals surface area (Å²) in [4.78, 5) is 16.8. The molecule has 174 valence electrons. The van der Waals surface area contributed by atoms with Crippen molar-refractivity contribution in [1.82, 2.24) is 4.98 Å². The molecule has 0 atom stereocenters. The number of nitriles is 1. The molecule has 0 aliphatic heterocycles. The number of methoxy groups -OCH3 is 1. The summed E-state index contributed by atoms with van der Waals surface area (Å²) in [6.07, 6.45) is 3.77. The third-order valence-electron chi connectivity index (χ3n) is 4.60. The first-order chi connectivity index (χ1) is 16.5. The molecule has 0 spiro atoms. The minimum absolute atomic E-state index is 0.0515. The molecule has 3 rings (SSSR count). The Morgan fingerprint density at radius 2 is 2.00 bits per heavy atom. The Hall–Kier alpha value is -4.09. The van der Waals surface area contributed by atoms with Gasteiger partial charge in [0.05, 0.1) is 12.8 Å². The van der Waals surface area contributed by atoms with Crippen molar-refractivity contribution in [3.05, 3.63) is 82.9 Å². The van der Waals surface area contributed by atoms with Gasteiger partial charge in [0, 0.05) is 10.9 Å². The molecule has 0 aliphatic carbocycles. The smallest absolute Gasteiger partial charge is 0.268 e. The number of nitrogens with one attached hydrogen (secondary N) is 1. The van der Waals surface area contributed by atoms with Crippen molar-refractivity contribution in [3.8, 4) is 23.3 Å². The number of benzene rings is 2. The lowest BCUT2D eigenvalue weighted by Crippen LogP contribution is -2.13. The van der Waals surface area contributed by atoms with Gasteiger partial charge in [0.1, 0.15) is 30.6 Å². The van der Waals surface area contributed by atoms with E-state index < -0.39 is 5.91 Å². The monoisotopic (exact) mass is 475 g/mol. The third-order valence-corrected chi connectivity index (χ3v) is 5.47. The number of aryl methyl sites for hydroxylation is 1. The van der Waals surface area contributed by atoms with Crippen LogP contribution in [0.15, 0.2) is 66.1 Å². The molecular formula is C26H25N3O4S. The Bertz CT molecular complexity index is 1210. The zero-order valence-corrected chi connectivity index (χ0v) is 19.9. The number of amides is 1. The number of aromatic nitrogens is 1. The predicted octanol–water partition coefficient (Wildman–Crippen LogP) is 5.19. The molecule has 0 radical (unpaired) electrons. The number of carbonyl (C=O) groups is 1. The lowest BCUT2D eigenvalue weighted by Gasteiger charge is -2.16. The highest BCUT2D eigenvalue weighted by atomic mass is 32.1. The van der Waals surface area contributed by atoms with Crippen molar-refractivity contribution < 1.29 is 19.0 Å². The normalized spacial score (nSPS) is 10.8. The van der Waals surface area contributed by atoms with E-state index in [0.717, 1.165) is 17.0 Å². The summed E-state index contributed by atoms with van der Waals surface area (Å²) in [6, 6.07) is 15.0. The average Bonchev–Trinajstić information content (AvgIpc) is 3.25. The third kappa shape index (κ3) is 6.70. The molecule has 3 aromatic rings. The summed E-state index contributed by atoms with van der Waals surface area (Å²) < 4.78 is 17.2. The largest absolute Gasteiger partial charge is 0.493 e. The van der Waals surface area contributed by atoms with Gasteiger partial charge in [-0.3, -0.25) is 10.1 Å². The molecule has 2 aromatic carbocycles. The molecule has 8 heteroatoms. The number of para-hydroxylation sites is 1. The highest BCUT2D eigenvalue weighted by Gasteiger charge is 2.15. The molecule has 0 fully saturated rings. The number of hydrogen-bond donors (Lipinski definition) is 1. The molecule has 1 heterocycles. The highest BCUT2D eigenvalue weighted by Crippen LogP contribution is 2.34. The van der Waals surface area contributed by atoms with Crippen molar-refractivity contribution in [2.24, 2.45) is 0 Å². The van der Waals surface area contributed by atoms with Crippen molar-refractivity contribution in [2.45, 2.75) is 13.3 Å². The van der Waals surface area contributed by atoms with Gasteiger partial charge in [-0.2, -0.15) is 5.26 Å². The number of rotatable bonds is 11. The van der Waals surface area contributed by atoms with Gasteiger partial charge >= 0.3 is 0 Å². The van der Waals surface area contributed by atoms with Crippen molar-refractivity contribution >= 4 is 28.5 Å². The number of ether oxygens (including phenoxy) is 3. The van der Waals surface area contributed by atoms with E-state index in [9.17, 15) is 10.1 Å². The Labute approximate surface area is 202 Å². The molecule has 1 N–H and O–H groups in total. The van der Waals surface area contributed by atoms with Gasteiger partial charge in [0.25, 0.3) is 5.91 Å². The average molecular weight is 476 g/mol. The van der Waals surface area contributed by atoms with E-state index in [1.54, 1.807) is 12.1 Å². The molecule has 34 heavy (non-hydrogen) atoms. The van der Waals surface area contributed by atoms with Crippen LogP contribution in [0.4, 0.5) is 5.13 Å². The maximum absolute atomic E-state index is 12.6. The predicted molar refractivity (Wildman–Crippen MR) is 133 cm³/mol. The number of anilines is 1. The number of allylic oxidation sites excluding steroid dienone is 1. The Morgan fingerprint density at radius 1 is 1.24 bits per heavy atom. The van der Waals surface area contributed by atoms with Crippen molar-refractivity contribution in [3.63, 3.8) is 0 Å². The standard InChI is InChI=1S/C26H25N3O4S/c1-4-8-20-13-19(14-21(16-27)25(30)29-26-28-18(2)17-34-26)15-23(31-3)24(20)33-12-11-32-22-9-6-5-7-10-22/h4-7,9-10,13-15,17H,1,8,11-12H2,2-3H3,(H,28,29,30). The van der Waals surface area contributed by atoms with Crippen LogP contribution in [0.3, 0.4) is 0 Å². The van der Waals surface area contributed by atoms with Crippen LogP contribution in [0.1, 0.15) is 16.8 Å². The zero-order chi connectivity index (χ0) is 24.3. The maximum atomic E-state index is 12.6. The molecule has 0 unspecified atom stereocenters. The lowest BCUT2D eigenvalue weighted by molar-refractivity contribution is -0.112. The van der Waals surface area contributed by atoms with E-state index in [1.165, 1.54) is 24.5 Å². The fourth-order valence-electron chi connectivity index (χ4n) is 3.10. The van der Waals surface area contributed by atoms with E-state index in [4.69, 9.17) is 14.2 Å². The molecule has 0 bridgehead atoms. The molecule has 1 amide bonds. The summed E-state index contributed by atoms with van der Waals surface area (Å²) in [6.45, 7) is 6.31. The van der Waals surface area contributed by atoms with Gasteiger partial charge in [0.15, 0.2) is 16.6 Å². The first-order valence-corrected chi connectivity index (χ1v) is 11.4. The van der Waals surface area contributed by atoms with Crippen LogP contribution < -0.4 is 19.5 Å². The molecule has 7 nitrogen and oxygen atoms in total. The molecular weight excluding hydrogens is 450 g/mol. The van der Waals surface area contributed by atoms with Crippen LogP contribution >= 0.6 is 11.3 Å². The van der Waals surface area contributed by atoms with Crippen LogP contribution in [-0.2, 0) is 11.2 Å². The minimum atomic E-state index is -0.528. The molecule has 1 aromatic heterocycles. The van der Waals surface area contributed by atoms with Crippen LogP contribution in [0.2, 0.25) is 0 Å². The van der Waals surface area contributed by atoms with Crippen molar-refractivity contribution in [2.75, 3.05) is 25.6 Å². The molecule has 0 aliphatic rings. The Morgan fingerprint density at radius 3 is 2.65 bits per heavy atom. The van der Waals surface area contributed by atoms with Gasteiger partial charge in [-0.25, -0.2) is 4.98 Å². The summed E-state index contributed by atoms with van der Waals surface area (Å²) in [5, 5.41) is 14.5. The summed E-state index contributed by atoms with van der Waals surface area (Å²) in [7, 11) is 1.54. The second-order valence-electron chi connectivity index (χ2n) is 7.13. The topological polar surface area (TPSA) is 93.5 Å². The van der Waals surface area contributed by atoms with Gasteiger partial charge < -0.3 is 14.2 Å². The van der Waals surface area contributed by atoms with Crippen LogP contribution in [0.25, 0.3) is 6.08 Å². The van der Waals surface area contributed by atoms with Gasteiger partial charge in [-0.1, -0.05) is 24.3 Å². The minimum Gasteiger partial charge on any atom is -0.493 e. The van der Waals surface area contributed by atoms with Gasteiger partial charge in [0.2, 0.25) is 0 Å². The summed E-state index contributed by atoms with van der Waals surface area (Å²) in [5.41, 5.74) is 2.19.